The summed E-state index contributed by atoms with van der Waals surface area (Å²) in [6.45, 7) is 1.76. The molecule has 2 aromatic rings. The van der Waals surface area contributed by atoms with E-state index in [2.05, 4.69) is 5.16 Å². The molecule has 0 N–H and O–H groups in total. The number of hydrogen-bond donors (Lipinski definition) is 0. The lowest BCUT2D eigenvalue weighted by Gasteiger charge is -2.19. The fraction of sp³-hybridized carbons (Fsp3) is 0.250. The zero-order valence-electron chi connectivity index (χ0n) is 15.4. The first-order valence-electron chi connectivity index (χ1n) is 8.57. The molecule has 2 amide bonds. The van der Waals surface area contributed by atoms with Gasteiger partial charge in [0, 0.05) is 10.6 Å². The Morgan fingerprint density at radius 2 is 1.82 bits per heavy atom. The second-order valence-electron chi connectivity index (χ2n) is 6.42. The van der Waals surface area contributed by atoms with Crippen LogP contribution in [0.25, 0.3) is 0 Å². The Morgan fingerprint density at radius 3 is 2.54 bits per heavy atom. The highest BCUT2D eigenvalue weighted by Gasteiger charge is 2.56. The van der Waals surface area contributed by atoms with Crippen molar-refractivity contribution in [2.75, 3.05) is 19.1 Å². The summed E-state index contributed by atoms with van der Waals surface area (Å²) >= 11 is 6.17. The standard InChI is InChI=1S/C20H17ClN2O5/c1-10-12(21)7-5-8-13(10)23-19(24)15-16(22-28-18(15)20(23)25)11-6-4-9-14(26-2)17(11)27-3/h4-9,15,18H,1-3H3/t15-,18+/m0/s1. The number of amides is 2. The fourth-order valence-corrected chi connectivity index (χ4v) is 3.73. The SMILES string of the molecule is COc1cccc(C2=NO[C@H]3C(=O)N(c4cccc(Cl)c4C)C(=O)[C@@H]23)c1OC. The van der Waals surface area contributed by atoms with Crippen LogP contribution < -0.4 is 14.4 Å². The van der Waals surface area contributed by atoms with Crippen LogP contribution in [0.4, 0.5) is 5.69 Å². The minimum absolute atomic E-state index is 0.335. The predicted molar refractivity (Wildman–Crippen MR) is 103 cm³/mol. The number of halogens is 1. The molecule has 2 aliphatic heterocycles. The third-order valence-corrected chi connectivity index (χ3v) is 5.38. The van der Waals surface area contributed by atoms with Gasteiger partial charge in [-0.05, 0) is 36.8 Å². The lowest BCUT2D eigenvalue weighted by Crippen LogP contribution is -2.33. The van der Waals surface area contributed by atoms with Crippen molar-refractivity contribution in [2.45, 2.75) is 13.0 Å². The molecule has 0 unspecified atom stereocenters. The summed E-state index contributed by atoms with van der Waals surface area (Å²) in [7, 11) is 3.02. The zero-order chi connectivity index (χ0) is 20.0. The number of methoxy groups -OCH3 is 2. The molecule has 0 saturated carbocycles. The molecule has 0 bridgehead atoms. The van der Waals surface area contributed by atoms with Crippen molar-refractivity contribution in [2.24, 2.45) is 11.1 Å². The number of rotatable bonds is 4. The van der Waals surface area contributed by atoms with Crippen molar-refractivity contribution >= 4 is 34.8 Å². The first kappa shape index (κ1) is 18.3. The summed E-state index contributed by atoms with van der Waals surface area (Å²) in [5.74, 6) is -0.842. The normalized spacial score (nSPS) is 20.7. The van der Waals surface area contributed by atoms with Crippen molar-refractivity contribution in [3.8, 4) is 11.5 Å². The topological polar surface area (TPSA) is 77.4 Å². The highest BCUT2D eigenvalue weighted by Crippen LogP contribution is 2.40. The number of nitrogens with zero attached hydrogens (tertiary/aromatic N) is 2. The van der Waals surface area contributed by atoms with E-state index in [-0.39, 0.29) is 0 Å². The predicted octanol–water partition coefficient (Wildman–Crippen LogP) is 2.96. The van der Waals surface area contributed by atoms with Gasteiger partial charge in [-0.3, -0.25) is 9.59 Å². The highest BCUT2D eigenvalue weighted by atomic mass is 35.5. The minimum atomic E-state index is -1.02. The molecule has 0 aliphatic carbocycles. The van der Waals surface area contributed by atoms with Crippen molar-refractivity contribution < 1.29 is 23.9 Å². The first-order chi connectivity index (χ1) is 13.5. The number of carbonyl (C=O) groups excluding carboxylic acids is 2. The van der Waals surface area contributed by atoms with Crippen LogP contribution in [0.3, 0.4) is 0 Å². The Bertz CT molecular complexity index is 1020. The Kier molecular flexibility index (Phi) is 4.47. The molecule has 1 saturated heterocycles. The molecule has 2 aliphatic rings. The number of anilines is 1. The summed E-state index contributed by atoms with van der Waals surface area (Å²) in [5.41, 5.74) is 1.96. The largest absolute Gasteiger partial charge is 0.493 e. The molecule has 0 aromatic heterocycles. The number of imide groups is 1. The smallest absolute Gasteiger partial charge is 0.278 e. The molecule has 2 atom stereocenters. The van der Waals surface area contributed by atoms with E-state index in [1.165, 1.54) is 14.2 Å². The molecule has 144 valence electrons. The van der Waals surface area contributed by atoms with Gasteiger partial charge >= 0.3 is 0 Å². The maximum Gasteiger partial charge on any atom is 0.278 e. The van der Waals surface area contributed by atoms with Crippen molar-refractivity contribution in [1.29, 1.82) is 0 Å². The number of ether oxygens (including phenoxy) is 2. The fourth-order valence-electron chi connectivity index (χ4n) is 3.56. The van der Waals surface area contributed by atoms with Gasteiger partial charge in [0.15, 0.2) is 11.5 Å². The van der Waals surface area contributed by atoms with Crippen LogP contribution in [-0.2, 0) is 14.4 Å². The molecule has 2 aromatic carbocycles. The van der Waals surface area contributed by atoms with Crippen LogP contribution >= 0.6 is 11.6 Å². The van der Waals surface area contributed by atoms with Crippen LogP contribution in [0.1, 0.15) is 11.1 Å². The van der Waals surface area contributed by atoms with Crippen molar-refractivity contribution in [1.82, 2.24) is 0 Å². The summed E-state index contributed by atoms with van der Waals surface area (Å²) in [6.07, 6.45) is -1.02. The van der Waals surface area contributed by atoms with Crippen LogP contribution in [0.15, 0.2) is 41.6 Å². The number of oxime groups is 1. The number of hydrogen-bond acceptors (Lipinski definition) is 6. The lowest BCUT2D eigenvalue weighted by atomic mass is 9.93. The maximum absolute atomic E-state index is 13.2. The molecular weight excluding hydrogens is 384 g/mol. The lowest BCUT2D eigenvalue weighted by molar-refractivity contribution is -0.126. The summed E-state index contributed by atoms with van der Waals surface area (Å²) < 4.78 is 10.8. The molecule has 28 heavy (non-hydrogen) atoms. The highest BCUT2D eigenvalue weighted by molar-refractivity contribution is 6.35. The second-order valence-corrected chi connectivity index (χ2v) is 6.82. The molecule has 1 fully saturated rings. The first-order valence-corrected chi connectivity index (χ1v) is 8.95. The van der Waals surface area contributed by atoms with Gasteiger partial charge in [-0.2, -0.15) is 0 Å². The van der Waals surface area contributed by atoms with E-state index in [4.69, 9.17) is 25.9 Å². The molecule has 8 heteroatoms. The number of benzene rings is 2. The van der Waals surface area contributed by atoms with E-state index < -0.39 is 23.8 Å². The number of para-hydroxylation sites is 1. The van der Waals surface area contributed by atoms with Gasteiger partial charge in [-0.1, -0.05) is 28.9 Å². The van der Waals surface area contributed by atoms with E-state index in [0.717, 1.165) is 4.90 Å². The molecule has 2 heterocycles. The minimum Gasteiger partial charge on any atom is -0.493 e. The molecule has 0 spiro atoms. The van der Waals surface area contributed by atoms with E-state index in [1.54, 1.807) is 43.3 Å². The summed E-state index contributed by atoms with van der Waals surface area (Å²) in [5, 5.41) is 4.50. The van der Waals surface area contributed by atoms with Gasteiger partial charge in [-0.25, -0.2) is 4.90 Å². The van der Waals surface area contributed by atoms with Crippen LogP contribution in [0, 0.1) is 12.8 Å². The third kappa shape index (κ3) is 2.54. The van der Waals surface area contributed by atoms with Gasteiger partial charge in [0.1, 0.15) is 11.6 Å². The number of carbonyl (C=O) groups is 2. The zero-order valence-corrected chi connectivity index (χ0v) is 16.2. The summed E-state index contributed by atoms with van der Waals surface area (Å²) in [4.78, 5) is 32.6. The second kappa shape index (κ2) is 6.83. The van der Waals surface area contributed by atoms with Gasteiger partial charge in [0.25, 0.3) is 5.91 Å². The Balaban J connectivity index is 1.77. The molecule has 4 rings (SSSR count). The Morgan fingerprint density at radius 1 is 1.07 bits per heavy atom. The monoisotopic (exact) mass is 400 g/mol. The third-order valence-electron chi connectivity index (χ3n) is 4.97. The van der Waals surface area contributed by atoms with Gasteiger partial charge in [0.2, 0.25) is 12.0 Å². The average molecular weight is 401 g/mol. The Labute approximate surface area is 166 Å². The van der Waals surface area contributed by atoms with Crippen molar-refractivity contribution in [3.05, 3.63) is 52.5 Å². The van der Waals surface area contributed by atoms with Crippen LogP contribution in [0.5, 0.6) is 11.5 Å². The van der Waals surface area contributed by atoms with Crippen molar-refractivity contribution in [3.63, 3.8) is 0 Å². The maximum atomic E-state index is 13.2. The molecule has 0 radical (unpaired) electrons. The average Bonchev–Trinajstić information content (AvgIpc) is 3.24. The number of fused-ring (bicyclic) bond motifs is 1. The van der Waals surface area contributed by atoms with E-state index in [9.17, 15) is 9.59 Å². The summed E-state index contributed by atoms with van der Waals surface area (Å²) in [6, 6.07) is 10.3. The van der Waals surface area contributed by atoms with Gasteiger partial charge in [0.05, 0.1) is 19.9 Å². The molecule has 7 nitrogen and oxygen atoms in total. The Hall–Kier alpha value is -3.06. The van der Waals surface area contributed by atoms with E-state index >= 15 is 0 Å². The van der Waals surface area contributed by atoms with Gasteiger partial charge < -0.3 is 14.3 Å². The van der Waals surface area contributed by atoms with Crippen LogP contribution in [0.2, 0.25) is 5.02 Å². The van der Waals surface area contributed by atoms with Crippen LogP contribution in [-0.4, -0.2) is 37.8 Å². The van der Waals surface area contributed by atoms with E-state index in [1.807, 2.05) is 0 Å². The molecular formula is C20H17ClN2O5. The quantitative estimate of drug-likeness (QED) is 0.737. The van der Waals surface area contributed by atoms with E-state index in [0.29, 0.717) is 39.0 Å². The van der Waals surface area contributed by atoms with Gasteiger partial charge in [-0.15, -0.1) is 0 Å².